The van der Waals surface area contributed by atoms with E-state index < -0.39 is 30.9 Å². The van der Waals surface area contributed by atoms with Crippen molar-refractivity contribution < 1.29 is 21.8 Å². The molecule has 0 amide bonds. The molecule has 2 aromatic carbocycles. The first-order chi connectivity index (χ1) is 15.3. The number of nitrogens with one attached hydrogen (secondary N) is 2. The number of sulfonamides is 1. The average molecular weight is 517 g/mol. The van der Waals surface area contributed by atoms with Crippen LogP contribution in [-0.2, 0) is 19.9 Å². The molecule has 3 aromatic rings. The van der Waals surface area contributed by atoms with Crippen molar-refractivity contribution in [2.75, 3.05) is 28.2 Å². The van der Waals surface area contributed by atoms with E-state index in [0.717, 1.165) is 10.8 Å². The second kappa shape index (κ2) is 9.38. The molecule has 0 aliphatic carbocycles. The summed E-state index contributed by atoms with van der Waals surface area (Å²) in [7, 11) is -3.90. The number of aromatic nitrogens is 2. The molecule has 13 heteroatoms. The molecule has 2 N–H and O–H groups in total. The number of rotatable bonds is 7. The predicted molar refractivity (Wildman–Crippen MR) is 127 cm³/mol. The molecule has 0 spiro atoms. The van der Waals surface area contributed by atoms with Crippen LogP contribution < -0.4 is 14.8 Å². The quantitative estimate of drug-likeness (QED) is 0.452. The molecule has 0 radical (unpaired) electrons. The molecule has 2 atom stereocenters. The van der Waals surface area contributed by atoms with Gasteiger partial charge in [-0.25, -0.2) is 27.0 Å². The van der Waals surface area contributed by atoms with Crippen LogP contribution in [0.1, 0.15) is 6.92 Å². The van der Waals surface area contributed by atoms with Gasteiger partial charge in [-0.1, -0.05) is 22.4 Å². The van der Waals surface area contributed by atoms with Gasteiger partial charge in [0.25, 0.3) is 0 Å². The predicted octanol–water partition coefficient (Wildman–Crippen LogP) is 4.09. The van der Waals surface area contributed by atoms with Gasteiger partial charge in [-0.3, -0.25) is 4.72 Å². The van der Waals surface area contributed by atoms with Crippen LogP contribution in [0.2, 0.25) is 5.02 Å². The minimum Gasteiger partial charge on any atom is -0.492 e. The summed E-state index contributed by atoms with van der Waals surface area (Å²) < 4.78 is 59.1. The minimum absolute atomic E-state index is 0.0488. The van der Waals surface area contributed by atoms with Gasteiger partial charge >= 0.3 is 0 Å². The number of nitrogens with zero attached hydrogens (tertiary/aromatic N) is 2. The maximum absolute atomic E-state index is 13.5. The van der Waals surface area contributed by atoms with Crippen molar-refractivity contribution in [2.24, 2.45) is 0 Å². The fraction of sp³-hybridized carbons (Fsp3) is 0.263. The highest BCUT2D eigenvalue weighted by Gasteiger charge is 2.34. The van der Waals surface area contributed by atoms with E-state index in [4.69, 9.17) is 16.3 Å². The Morgan fingerprint density at radius 2 is 2.12 bits per heavy atom. The SMILES string of the molecule is CCOc1cc2ncnc(Nc3ccc(F)c(Cl)c3)c2cc1NS(=O)(=O)C1CSS(=O)C1. The van der Waals surface area contributed by atoms with Gasteiger partial charge in [-0.05, 0) is 31.2 Å². The average Bonchev–Trinajstić information content (AvgIpc) is 3.19. The van der Waals surface area contributed by atoms with Crippen molar-refractivity contribution in [1.29, 1.82) is 0 Å². The minimum atomic E-state index is -3.80. The van der Waals surface area contributed by atoms with Crippen LogP contribution >= 0.6 is 22.4 Å². The van der Waals surface area contributed by atoms with E-state index in [-0.39, 0.29) is 22.2 Å². The van der Waals surface area contributed by atoms with Gasteiger partial charge in [0, 0.05) is 22.9 Å². The van der Waals surface area contributed by atoms with Crippen molar-refractivity contribution in [3.8, 4) is 5.75 Å². The van der Waals surface area contributed by atoms with E-state index in [2.05, 4.69) is 20.0 Å². The Hall–Kier alpha value is -2.15. The van der Waals surface area contributed by atoms with E-state index >= 15 is 0 Å². The maximum atomic E-state index is 13.5. The second-order valence-corrected chi connectivity index (χ2v) is 12.5. The fourth-order valence-electron chi connectivity index (χ4n) is 3.06. The number of ether oxygens (including phenoxy) is 1. The molecular weight excluding hydrogens is 499 g/mol. The summed E-state index contributed by atoms with van der Waals surface area (Å²) in [5, 5.41) is 2.74. The molecule has 1 saturated heterocycles. The molecule has 0 bridgehead atoms. The molecule has 2 heterocycles. The van der Waals surface area contributed by atoms with Crippen LogP contribution in [0.3, 0.4) is 0 Å². The zero-order valence-electron chi connectivity index (χ0n) is 16.7. The van der Waals surface area contributed by atoms with Crippen LogP contribution in [0.4, 0.5) is 21.6 Å². The second-order valence-electron chi connectivity index (χ2n) is 6.80. The first-order valence-electron chi connectivity index (χ1n) is 9.43. The Morgan fingerprint density at radius 3 is 2.81 bits per heavy atom. The normalized spacial score (nSPS) is 18.6. The van der Waals surface area contributed by atoms with Crippen molar-refractivity contribution in [2.45, 2.75) is 12.2 Å². The lowest BCUT2D eigenvalue weighted by molar-refractivity contribution is 0.342. The number of anilines is 3. The van der Waals surface area contributed by atoms with E-state index in [1.807, 2.05) is 0 Å². The summed E-state index contributed by atoms with van der Waals surface area (Å²) in [4.78, 5) is 8.48. The number of fused-ring (bicyclic) bond motifs is 1. The van der Waals surface area contributed by atoms with Crippen molar-refractivity contribution in [1.82, 2.24) is 9.97 Å². The van der Waals surface area contributed by atoms with Gasteiger partial charge in [0.2, 0.25) is 10.0 Å². The lowest BCUT2D eigenvalue weighted by atomic mass is 10.2. The standard InChI is InChI=1S/C19H18ClFN4O4S3/c1-2-29-18-7-16-13(6-17(18)25-32(27,28)12-8-30-31(26)9-12)19(23-10-22-16)24-11-3-4-15(21)14(20)5-11/h3-7,10,12,25H,2,8-9H2,1H3,(H,22,23,24). The molecule has 0 saturated carbocycles. The molecule has 1 fully saturated rings. The van der Waals surface area contributed by atoms with Crippen molar-refractivity contribution in [3.05, 3.63) is 47.5 Å². The highest BCUT2D eigenvalue weighted by Crippen LogP contribution is 2.35. The van der Waals surface area contributed by atoms with Crippen LogP contribution in [0.15, 0.2) is 36.7 Å². The Balaban J connectivity index is 1.74. The van der Waals surface area contributed by atoms with Gasteiger partial charge in [-0.2, -0.15) is 0 Å². The summed E-state index contributed by atoms with van der Waals surface area (Å²) in [5.41, 5.74) is 1.23. The van der Waals surface area contributed by atoms with E-state index in [1.165, 1.54) is 24.5 Å². The third-order valence-corrected chi connectivity index (χ3v) is 10.1. The van der Waals surface area contributed by atoms with Gasteiger partial charge in [0.05, 0.1) is 38.4 Å². The maximum Gasteiger partial charge on any atom is 0.237 e. The third kappa shape index (κ3) is 4.92. The molecule has 8 nitrogen and oxygen atoms in total. The number of benzene rings is 2. The molecule has 1 aromatic heterocycles. The highest BCUT2D eigenvalue weighted by atomic mass is 35.5. The largest absolute Gasteiger partial charge is 0.492 e. The van der Waals surface area contributed by atoms with Crippen LogP contribution in [0.25, 0.3) is 10.9 Å². The number of hydrogen-bond acceptors (Lipinski definition) is 8. The molecule has 1 aliphatic heterocycles. The van der Waals surface area contributed by atoms with Gasteiger partial charge < -0.3 is 10.1 Å². The Kier molecular flexibility index (Phi) is 6.75. The summed E-state index contributed by atoms with van der Waals surface area (Å²) >= 11 is 5.86. The molecule has 4 rings (SSSR count). The van der Waals surface area contributed by atoms with Crippen LogP contribution in [0.5, 0.6) is 5.75 Å². The Morgan fingerprint density at radius 1 is 1.31 bits per heavy atom. The number of hydrogen-bond donors (Lipinski definition) is 2. The Bertz CT molecular complexity index is 1310. The molecule has 32 heavy (non-hydrogen) atoms. The zero-order valence-corrected chi connectivity index (χ0v) is 19.9. The molecule has 2 unspecified atom stereocenters. The van der Waals surface area contributed by atoms with E-state index in [1.54, 1.807) is 19.1 Å². The van der Waals surface area contributed by atoms with Crippen LogP contribution in [-0.4, -0.2) is 46.0 Å². The van der Waals surface area contributed by atoms with Crippen molar-refractivity contribution in [3.63, 3.8) is 0 Å². The molecule has 1 aliphatic rings. The zero-order chi connectivity index (χ0) is 22.9. The Labute approximate surface area is 195 Å². The highest BCUT2D eigenvalue weighted by molar-refractivity contribution is 8.69. The van der Waals surface area contributed by atoms with Gasteiger partial charge in [0.1, 0.15) is 29.0 Å². The van der Waals surface area contributed by atoms with Crippen molar-refractivity contribution >= 4 is 70.3 Å². The monoisotopic (exact) mass is 516 g/mol. The third-order valence-electron chi connectivity index (χ3n) is 4.62. The van der Waals surface area contributed by atoms with E-state index in [9.17, 15) is 17.0 Å². The van der Waals surface area contributed by atoms with Gasteiger partial charge in [-0.15, -0.1) is 0 Å². The number of halogens is 2. The summed E-state index contributed by atoms with van der Waals surface area (Å²) in [6.45, 7) is 2.10. The summed E-state index contributed by atoms with van der Waals surface area (Å²) in [6.07, 6.45) is 1.35. The molecular formula is C19H18ClFN4O4S3. The fourth-order valence-corrected chi connectivity index (χ4v) is 9.22. The first-order valence-corrected chi connectivity index (χ1v) is 14.2. The van der Waals surface area contributed by atoms with Gasteiger partial charge in [0.15, 0.2) is 0 Å². The topological polar surface area (TPSA) is 110 Å². The lowest BCUT2D eigenvalue weighted by Crippen LogP contribution is -2.30. The summed E-state index contributed by atoms with van der Waals surface area (Å²) in [6, 6.07) is 7.34. The molecule has 170 valence electrons. The van der Waals surface area contributed by atoms with E-state index in [0.29, 0.717) is 34.8 Å². The summed E-state index contributed by atoms with van der Waals surface area (Å²) in [5.74, 6) is 0.455. The smallest absolute Gasteiger partial charge is 0.237 e. The lowest BCUT2D eigenvalue weighted by Gasteiger charge is -2.17. The first kappa shape index (κ1) is 23.0. The van der Waals surface area contributed by atoms with Crippen LogP contribution in [0, 0.1) is 5.82 Å².